The Morgan fingerprint density at radius 3 is 2.88 bits per heavy atom. The van der Waals surface area contributed by atoms with Crippen molar-refractivity contribution >= 4 is 0 Å². The highest BCUT2D eigenvalue weighted by Gasteiger charge is 2.01. The van der Waals surface area contributed by atoms with Crippen LogP contribution in [0.1, 0.15) is 19.2 Å². The maximum Gasteiger partial charge on any atom is 0.120 e. The Labute approximate surface area is 95.1 Å². The first kappa shape index (κ1) is 10.8. The molecule has 84 valence electrons. The number of aromatic nitrogens is 3. The summed E-state index contributed by atoms with van der Waals surface area (Å²) in [7, 11) is 0. The second-order valence-corrected chi connectivity index (χ2v) is 3.66. The molecule has 2 rings (SSSR count). The highest BCUT2D eigenvalue weighted by molar-refractivity contribution is 5.57. The number of hydrogen-bond donors (Lipinski definition) is 2. The van der Waals surface area contributed by atoms with Gasteiger partial charge in [-0.2, -0.15) is 0 Å². The molecular weight excluding hydrogens is 200 g/mol. The molecule has 0 bridgehead atoms. The number of nitrogens with one attached hydrogen (secondary N) is 2. The lowest BCUT2D eigenvalue weighted by atomic mass is 10.2. The lowest BCUT2D eigenvalue weighted by Gasteiger charge is -1.99. The molecule has 0 atom stereocenters. The predicted molar refractivity (Wildman–Crippen MR) is 63.8 cm³/mol. The minimum atomic E-state index is 0.791. The van der Waals surface area contributed by atoms with Gasteiger partial charge in [0.05, 0.1) is 18.4 Å². The van der Waals surface area contributed by atoms with Crippen LogP contribution < -0.4 is 5.32 Å². The van der Waals surface area contributed by atoms with Gasteiger partial charge in [-0.1, -0.05) is 6.92 Å². The molecule has 0 saturated heterocycles. The highest BCUT2D eigenvalue weighted by atomic mass is 15.0. The largest absolute Gasteiger partial charge is 0.341 e. The van der Waals surface area contributed by atoms with Gasteiger partial charge in [0.2, 0.25) is 0 Å². The van der Waals surface area contributed by atoms with E-state index in [1.807, 2.05) is 18.3 Å². The molecule has 0 aliphatic heterocycles. The quantitative estimate of drug-likeness (QED) is 0.751. The first-order valence-corrected chi connectivity index (χ1v) is 5.55. The fourth-order valence-corrected chi connectivity index (χ4v) is 1.51. The van der Waals surface area contributed by atoms with Crippen LogP contribution in [0.2, 0.25) is 0 Å². The molecule has 2 aromatic rings. The maximum atomic E-state index is 4.33. The van der Waals surface area contributed by atoms with Crippen molar-refractivity contribution in [2.24, 2.45) is 0 Å². The molecule has 16 heavy (non-hydrogen) atoms. The van der Waals surface area contributed by atoms with E-state index in [2.05, 4.69) is 27.2 Å². The Bertz CT molecular complexity index is 422. The maximum absolute atomic E-state index is 4.33. The van der Waals surface area contributed by atoms with Crippen molar-refractivity contribution in [1.82, 2.24) is 20.3 Å². The normalized spacial score (nSPS) is 10.6. The summed E-state index contributed by atoms with van der Waals surface area (Å²) in [5, 5.41) is 3.31. The number of nitrogens with zero attached hydrogens (tertiary/aromatic N) is 2. The van der Waals surface area contributed by atoms with Crippen LogP contribution in [0.3, 0.4) is 0 Å². The Morgan fingerprint density at radius 1 is 1.31 bits per heavy atom. The molecular formula is C12H16N4. The zero-order chi connectivity index (χ0) is 11.2. The zero-order valence-corrected chi connectivity index (χ0v) is 9.40. The van der Waals surface area contributed by atoms with Crippen molar-refractivity contribution < 1.29 is 0 Å². The minimum absolute atomic E-state index is 0.791. The van der Waals surface area contributed by atoms with E-state index in [1.54, 1.807) is 12.4 Å². The van der Waals surface area contributed by atoms with E-state index >= 15 is 0 Å². The van der Waals surface area contributed by atoms with Gasteiger partial charge in [-0.05, 0) is 25.1 Å². The first-order chi connectivity index (χ1) is 7.90. The van der Waals surface area contributed by atoms with Crippen molar-refractivity contribution in [3.05, 3.63) is 36.5 Å². The molecule has 0 unspecified atom stereocenters. The molecule has 0 amide bonds. The summed E-state index contributed by atoms with van der Waals surface area (Å²) < 4.78 is 0. The molecule has 4 nitrogen and oxygen atoms in total. The number of pyridine rings is 1. The number of H-pyrrole nitrogens is 1. The van der Waals surface area contributed by atoms with Gasteiger partial charge < -0.3 is 10.3 Å². The predicted octanol–water partition coefficient (Wildman–Crippen LogP) is 1.97. The Kier molecular flexibility index (Phi) is 3.66. The fourth-order valence-electron chi connectivity index (χ4n) is 1.51. The molecule has 0 aromatic carbocycles. The molecule has 0 radical (unpaired) electrons. The topological polar surface area (TPSA) is 53.6 Å². The summed E-state index contributed by atoms with van der Waals surface area (Å²) in [6, 6.07) is 3.94. The van der Waals surface area contributed by atoms with Crippen LogP contribution in [0.15, 0.2) is 30.7 Å². The lowest BCUT2D eigenvalue weighted by molar-refractivity contribution is 0.655. The highest BCUT2D eigenvalue weighted by Crippen LogP contribution is 2.14. The van der Waals surface area contributed by atoms with Crippen LogP contribution in [-0.4, -0.2) is 21.5 Å². The van der Waals surface area contributed by atoms with Crippen LogP contribution >= 0.6 is 0 Å². The molecule has 0 fully saturated rings. The van der Waals surface area contributed by atoms with Gasteiger partial charge in [-0.15, -0.1) is 0 Å². The van der Waals surface area contributed by atoms with E-state index in [1.165, 1.54) is 0 Å². The molecule has 2 heterocycles. The molecule has 2 N–H and O–H groups in total. The lowest BCUT2D eigenvalue weighted by Crippen LogP contribution is -2.14. The van der Waals surface area contributed by atoms with E-state index in [4.69, 9.17) is 0 Å². The van der Waals surface area contributed by atoms with Crippen LogP contribution in [0, 0.1) is 0 Å². The Morgan fingerprint density at radius 2 is 2.12 bits per heavy atom. The van der Waals surface area contributed by atoms with Crippen LogP contribution in [0.4, 0.5) is 0 Å². The van der Waals surface area contributed by atoms with Crippen molar-refractivity contribution in [2.45, 2.75) is 19.9 Å². The van der Waals surface area contributed by atoms with E-state index < -0.39 is 0 Å². The molecule has 0 spiro atoms. The number of hydrogen-bond acceptors (Lipinski definition) is 3. The van der Waals surface area contributed by atoms with E-state index in [0.29, 0.717) is 0 Å². The van der Waals surface area contributed by atoms with Crippen LogP contribution in [-0.2, 0) is 6.54 Å². The summed E-state index contributed by atoms with van der Waals surface area (Å²) >= 11 is 0. The van der Waals surface area contributed by atoms with E-state index in [-0.39, 0.29) is 0 Å². The third-order valence-corrected chi connectivity index (χ3v) is 2.34. The number of rotatable bonds is 5. The monoisotopic (exact) mass is 216 g/mol. The van der Waals surface area contributed by atoms with Gasteiger partial charge in [0.15, 0.2) is 0 Å². The third-order valence-electron chi connectivity index (χ3n) is 2.34. The van der Waals surface area contributed by atoms with Crippen molar-refractivity contribution in [1.29, 1.82) is 0 Å². The first-order valence-electron chi connectivity index (χ1n) is 5.55. The average molecular weight is 216 g/mol. The molecule has 0 saturated carbocycles. The van der Waals surface area contributed by atoms with Crippen LogP contribution in [0.5, 0.6) is 0 Å². The molecule has 4 heteroatoms. The van der Waals surface area contributed by atoms with Gasteiger partial charge >= 0.3 is 0 Å². The van der Waals surface area contributed by atoms with E-state index in [0.717, 1.165) is 36.6 Å². The minimum Gasteiger partial charge on any atom is -0.341 e. The van der Waals surface area contributed by atoms with Gasteiger partial charge in [-0.3, -0.25) is 4.98 Å². The van der Waals surface area contributed by atoms with Gasteiger partial charge in [-0.25, -0.2) is 4.98 Å². The Balaban J connectivity index is 2.02. The average Bonchev–Trinajstić information content (AvgIpc) is 2.79. The Hall–Kier alpha value is -1.68. The fraction of sp³-hybridized carbons (Fsp3) is 0.333. The summed E-state index contributed by atoms with van der Waals surface area (Å²) in [6.45, 7) is 3.96. The molecule has 0 aliphatic rings. The van der Waals surface area contributed by atoms with Crippen LogP contribution in [0.25, 0.3) is 11.3 Å². The van der Waals surface area contributed by atoms with Gasteiger partial charge in [0, 0.05) is 18.0 Å². The third kappa shape index (κ3) is 2.67. The number of aromatic amines is 1. The van der Waals surface area contributed by atoms with E-state index in [9.17, 15) is 0 Å². The molecule has 0 aliphatic carbocycles. The summed E-state index contributed by atoms with van der Waals surface area (Å²) in [5.74, 6) is 0.972. The van der Waals surface area contributed by atoms with Crippen molar-refractivity contribution in [2.75, 3.05) is 6.54 Å². The zero-order valence-electron chi connectivity index (χ0n) is 9.40. The number of imidazole rings is 1. The standard InChI is InChI=1S/C12H16N4/c1-2-5-14-9-12-15-8-11(16-12)10-3-6-13-7-4-10/h3-4,6-8,14H,2,5,9H2,1H3,(H,15,16). The molecule has 2 aromatic heterocycles. The smallest absolute Gasteiger partial charge is 0.120 e. The summed E-state index contributed by atoms with van der Waals surface area (Å²) in [6.07, 6.45) is 6.56. The van der Waals surface area contributed by atoms with Crippen molar-refractivity contribution in [3.63, 3.8) is 0 Å². The summed E-state index contributed by atoms with van der Waals surface area (Å²) in [5.41, 5.74) is 2.15. The van der Waals surface area contributed by atoms with Crippen molar-refractivity contribution in [3.8, 4) is 11.3 Å². The second-order valence-electron chi connectivity index (χ2n) is 3.66. The SMILES string of the molecule is CCCNCc1ncc(-c2ccncc2)[nH]1. The van der Waals surface area contributed by atoms with Gasteiger partial charge in [0.1, 0.15) is 5.82 Å². The second kappa shape index (κ2) is 5.42. The summed E-state index contributed by atoms with van der Waals surface area (Å²) in [4.78, 5) is 11.6. The van der Waals surface area contributed by atoms with Gasteiger partial charge in [0.25, 0.3) is 0 Å².